The third kappa shape index (κ3) is 5.79. The number of carbonyl (C=O) groups is 2. The van der Waals surface area contributed by atoms with Crippen molar-refractivity contribution < 1.29 is 41.4 Å². The van der Waals surface area contributed by atoms with Crippen LogP contribution in [0.5, 0.6) is 0 Å². The van der Waals surface area contributed by atoms with Gasteiger partial charge in [0, 0.05) is 29.4 Å². The fourth-order valence-corrected chi connectivity index (χ4v) is 8.06. The van der Waals surface area contributed by atoms with E-state index in [1.807, 2.05) is 0 Å². The third-order valence-corrected chi connectivity index (χ3v) is 10.3. The van der Waals surface area contributed by atoms with Gasteiger partial charge in [0.15, 0.2) is 27.3 Å². The van der Waals surface area contributed by atoms with Gasteiger partial charge in [0.05, 0.1) is 33.8 Å². The second-order valence-corrected chi connectivity index (χ2v) is 12.9. The van der Waals surface area contributed by atoms with E-state index in [2.05, 4.69) is 10.6 Å². The van der Waals surface area contributed by atoms with Crippen molar-refractivity contribution >= 4 is 38.9 Å². The van der Waals surface area contributed by atoms with E-state index in [4.69, 9.17) is 16.7 Å². The molecule has 0 radical (unpaired) electrons. The Kier molecular flexibility index (Phi) is 8.32. The number of fused-ring (bicyclic) bond motifs is 2. The van der Waals surface area contributed by atoms with Gasteiger partial charge in [-0.05, 0) is 62.6 Å². The quantitative estimate of drug-likeness (QED) is 0.349. The molecule has 8 nitrogen and oxygen atoms in total. The van der Waals surface area contributed by atoms with Crippen molar-refractivity contribution in [2.75, 3.05) is 11.9 Å². The van der Waals surface area contributed by atoms with E-state index in [0.29, 0.717) is 25.0 Å². The first kappa shape index (κ1) is 29.3. The number of rotatable bonds is 8. The minimum absolute atomic E-state index is 0.0824. The number of anilines is 1. The molecule has 2 aromatic carbocycles. The van der Waals surface area contributed by atoms with Crippen LogP contribution in [0.4, 0.5) is 18.9 Å². The van der Waals surface area contributed by atoms with E-state index < -0.39 is 67.8 Å². The molecule has 0 aliphatic heterocycles. The predicted octanol–water partition coefficient (Wildman–Crippen LogP) is 3.59. The fourth-order valence-electron chi connectivity index (χ4n) is 5.65. The van der Waals surface area contributed by atoms with Crippen LogP contribution in [0.2, 0.25) is 5.02 Å². The summed E-state index contributed by atoms with van der Waals surface area (Å²) in [5.41, 5.74) is -1.90. The number of aliphatic hydroxyl groups excluding tert-OH is 1. The van der Waals surface area contributed by atoms with Gasteiger partial charge in [-0.15, -0.1) is 0 Å². The van der Waals surface area contributed by atoms with Gasteiger partial charge in [-0.25, -0.2) is 21.6 Å². The average Bonchev–Trinajstić information content (AvgIpc) is 3.02. The summed E-state index contributed by atoms with van der Waals surface area (Å²) in [5.74, 6) is -6.94. The molecular formula is C26H28ClF3N2O6S. The van der Waals surface area contributed by atoms with Crippen LogP contribution in [0.25, 0.3) is 0 Å². The Morgan fingerprint density at radius 1 is 1.10 bits per heavy atom. The first-order valence-electron chi connectivity index (χ1n) is 12.4. The Morgan fingerprint density at radius 2 is 1.69 bits per heavy atom. The molecule has 0 saturated heterocycles. The van der Waals surface area contributed by atoms with Crippen LogP contribution >= 0.6 is 11.6 Å². The second-order valence-electron chi connectivity index (χ2n) is 10.3. The summed E-state index contributed by atoms with van der Waals surface area (Å²) >= 11 is 6.22. The number of amides is 2. The Bertz CT molecular complexity index is 1370. The van der Waals surface area contributed by atoms with Gasteiger partial charge in [-0.1, -0.05) is 11.6 Å². The van der Waals surface area contributed by atoms with Crippen molar-refractivity contribution in [2.45, 2.75) is 60.8 Å². The molecule has 2 aliphatic carbocycles. The summed E-state index contributed by atoms with van der Waals surface area (Å²) in [6.07, 6.45) is 1.03. The lowest BCUT2D eigenvalue weighted by molar-refractivity contribution is -0.133. The number of nitrogens with one attached hydrogen (secondary N) is 2. The van der Waals surface area contributed by atoms with E-state index in [-0.39, 0.29) is 47.0 Å². The second kappa shape index (κ2) is 11.1. The molecule has 4 unspecified atom stereocenters. The zero-order valence-electron chi connectivity index (χ0n) is 20.9. The minimum Gasteiger partial charge on any atom is -0.394 e. The van der Waals surface area contributed by atoms with E-state index in [9.17, 15) is 36.3 Å². The van der Waals surface area contributed by atoms with E-state index >= 15 is 0 Å². The number of carbonyl (C=O) groups excluding carboxylic acids is 2. The van der Waals surface area contributed by atoms with Crippen LogP contribution in [0.1, 0.15) is 49.4 Å². The van der Waals surface area contributed by atoms with Crippen molar-refractivity contribution in [1.82, 2.24) is 5.32 Å². The molecule has 0 spiro atoms. The lowest BCUT2D eigenvalue weighted by Crippen LogP contribution is -2.51. The average molecular weight is 589 g/mol. The topological polar surface area (TPSA) is 133 Å². The Hall–Kier alpha value is -2.67. The number of sulfone groups is 1. The van der Waals surface area contributed by atoms with E-state index in [0.717, 1.165) is 6.07 Å². The molecule has 0 aromatic heterocycles. The lowest BCUT2D eigenvalue weighted by Gasteiger charge is -2.42. The van der Waals surface area contributed by atoms with Gasteiger partial charge in [0.1, 0.15) is 0 Å². The summed E-state index contributed by atoms with van der Waals surface area (Å²) in [5, 5.41) is 24.3. The molecule has 39 heavy (non-hydrogen) atoms. The van der Waals surface area contributed by atoms with Crippen molar-refractivity contribution in [3.05, 3.63) is 58.4 Å². The van der Waals surface area contributed by atoms with Crippen LogP contribution in [0, 0.1) is 29.3 Å². The largest absolute Gasteiger partial charge is 0.394 e. The number of benzene rings is 2. The van der Waals surface area contributed by atoms with Gasteiger partial charge in [0.25, 0.3) is 5.91 Å². The molecule has 2 aromatic rings. The predicted molar refractivity (Wildman–Crippen MR) is 136 cm³/mol. The number of hydrogen-bond acceptors (Lipinski definition) is 6. The molecule has 4 N–H and O–H groups in total. The number of hydrogen-bond donors (Lipinski definition) is 4. The summed E-state index contributed by atoms with van der Waals surface area (Å²) in [4.78, 5) is 24.8. The summed E-state index contributed by atoms with van der Waals surface area (Å²) in [7, 11) is -4.09. The van der Waals surface area contributed by atoms with Gasteiger partial charge >= 0.3 is 0 Å². The van der Waals surface area contributed by atoms with Gasteiger partial charge in [-0.2, -0.15) is 0 Å². The minimum atomic E-state index is -4.09. The molecule has 5 atom stereocenters. The summed E-state index contributed by atoms with van der Waals surface area (Å²) in [6.45, 7) is 1.36. The van der Waals surface area contributed by atoms with Crippen molar-refractivity contribution in [3.8, 4) is 0 Å². The standard InChI is InChI=1S/C26H28ClF3N2O6S/c1-13(12-33)31-23(34)11-26(36)15-3-4-16(26)8-18(7-15)39(37,38)22-6-14(2-5-19(22)27)25(35)32-17-9-20(28)24(30)21(29)10-17/h2,5-6,9-10,13,15-16,18,33,36H,3-4,7-8,11-12H2,1H3,(H,31,34)(H,32,35)/t13?,15-,16?,18?,26?/m0/s1. The highest BCUT2D eigenvalue weighted by molar-refractivity contribution is 7.92. The maximum absolute atomic E-state index is 13.7. The molecule has 2 fully saturated rings. The lowest BCUT2D eigenvalue weighted by atomic mass is 9.72. The Morgan fingerprint density at radius 3 is 2.26 bits per heavy atom. The monoisotopic (exact) mass is 588 g/mol. The van der Waals surface area contributed by atoms with Crippen LogP contribution in [-0.4, -0.2) is 53.9 Å². The zero-order chi connectivity index (χ0) is 28.7. The number of halogens is 4. The van der Waals surface area contributed by atoms with Gasteiger partial charge < -0.3 is 20.8 Å². The molecule has 2 saturated carbocycles. The molecule has 0 heterocycles. The molecule has 212 valence electrons. The first-order chi connectivity index (χ1) is 18.3. The van der Waals surface area contributed by atoms with Crippen LogP contribution in [0.3, 0.4) is 0 Å². The fraction of sp³-hybridized carbons (Fsp3) is 0.462. The molecule has 2 bridgehead atoms. The maximum atomic E-state index is 13.7. The highest BCUT2D eigenvalue weighted by Crippen LogP contribution is 2.53. The van der Waals surface area contributed by atoms with Crippen LogP contribution < -0.4 is 10.6 Å². The van der Waals surface area contributed by atoms with E-state index in [1.165, 1.54) is 12.1 Å². The first-order valence-corrected chi connectivity index (χ1v) is 14.3. The number of aliphatic hydroxyl groups is 2. The Labute approximate surface area is 228 Å². The van der Waals surface area contributed by atoms with Gasteiger partial charge in [0.2, 0.25) is 5.91 Å². The summed E-state index contributed by atoms with van der Waals surface area (Å²) < 4.78 is 67.6. The maximum Gasteiger partial charge on any atom is 0.255 e. The zero-order valence-corrected chi connectivity index (χ0v) is 22.5. The van der Waals surface area contributed by atoms with Gasteiger partial charge in [-0.3, -0.25) is 9.59 Å². The normalized spacial score (nSPS) is 25.3. The molecular weight excluding hydrogens is 561 g/mol. The van der Waals surface area contributed by atoms with Crippen molar-refractivity contribution in [1.29, 1.82) is 0 Å². The SMILES string of the molecule is CC(CO)NC(=O)CC1(O)C2CC[C@H]1CC(S(=O)(=O)c1cc(C(=O)Nc3cc(F)c(F)c(F)c3)ccc1Cl)C2. The highest BCUT2D eigenvalue weighted by Gasteiger charge is 2.56. The third-order valence-electron chi connectivity index (χ3n) is 7.68. The Balaban J connectivity index is 1.53. The van der Waals surface area contributed by atoms with Crippen LogP contribution in [-0.2, 0) is 14.6 Å². The van der Waals surface area contributed by atoms with E-state index in [1.54, 1.807) is 6.92 Å². The summed E-state index contributed by atoms with van der Waals surface area (Å²) in [6, 6.07) is 4.22. The van der Waals surface area contributed by atoms with Crippen molar-refractivity contribution in [2.24, 2.45) is 11.8 Å². The van der Waals surface area contributed by atoms with Crippen molar-refractivity contribution in [3.63, 3.8) is 0 Å². The highest BCUT2D eigenvalue weighted by atomic mass is 35.5. The molecule has 4 rings (SSSR count). The molecule has 13 heteroatoms. The molecule has 2 aliphatic rings. The smallest absolute Gasteiger partial charge is 0.255 e. The van der Waals surface area contributed by atoms with Crippen LogP contribution in [0.15, 0.2) is 35.2 Å². The molecule has 2 amide bonds.